The summed E-state index contributed by atoms with van der Waals surface area (Å²) in [6.45, 7) is 8.77. The molecule has 2 heterocycles. The van der Waals surface area contributed by atoms with Gasteiger partial charge in [0.2, 0.25) is 5.91 Å². The molecule has 32 heavy (non-hydrogen) atoms. The van der Waals surface area contributed by atoms with Crippen LogP contribution in [0.5, 0.6) is 0 Å². The van der Waals surface area contributed by atoms with Crippen molar-refractivity contribution >= 4 is 17.1 Å². The second-order valence-corrected chi connectivity index (χ2v) is 8.80. The summed E-state index contributed by atoms with van der Waals surface area (Å²) in [5, 5.41) is 2.88. The summed E-state index contributed by atoms with van der Waals surface area (Å²) in [5.74, 6) is 0.111. The van der Waals surface area contributed by atoms with Gasteiger partial charge < -0.3 is 9.88 Å². The third-order valence-electron chi connectivity index (χ3n) is 5.55. The molecule has 8 nitrogen and oxygen atoms in total. The van der Waals surface area contributed by atoms with Crippen LogP contribution in [0, 0.1) is 5.92 Å². The molecule has 3 aromatic rings. The second-order valence-electron chi connectivity index (χ2n) is 8.80. The van der Waals surface area contributed by atoms with E-state index in [4.69, 9.17) is 0 Å². The van der Waals surface area contributed by atoms with Gasteiger partial charge in [-0.25, -0.2) is 14.3 Å². The quantitative estimate of drug-likeness (QED) is 0.526. The molecule has 2 aromatic heterocycles. The summed E-state index contributed by atoms with van der Waals surface area (Å²) >= 11 is 0. The Balaban J connectivity index is 2.08. The molecule has 172 valence electrons. The molecular weight excluding hydrogens is 406 g/mol. The number of aromatic nitrogens is 4. The molecule has 1 amide bonds. The van der Waals surface area contributed by atoms with Crippen molar-refractivity contribution in [2.24, 2.45) is 5.92 Å². The van der Waals surface area contributed by atoms with Crippen molar-refractivity contribution < 1.29 is 4.79 Å². The van der Waals surface area contributed by atoms with E-state index in [9.17, 15) is 14.4 Å². The van der Waals surface area contributed by atoms with Crippen LogP contribution in [-0.2, 0) is 24.4 Å². The average Bonchev–Trinajstić information content (AvgIpc) is 3.17. The van der Waals surface area contributed by atoms with Crippen molar-refractivity contribution in [1.82, 2.24) is 24.0 Å². The van der Waals surface area contributed by atoms with Gasteiger partial charge in [-0.15, -0.1) is 0 Å². The van der Waals surface area contributed by atoms with Crippen LogP contribution in [0.3, 0.4) is 0 Å². The number of carbonyl (C=O) groups is 1. The van der Waals surface area contributed by atoms with Crippen LogP contribution in [0.25, 0.3) is 11.2 Å². The fourth-order valence-electron chi connectivity index (χ4n) is 3.82. The van der Waals surface area contributed by atoms with Gasteiger partial charge >= 0.3 is 5.69 Å². The lowest BCUT2D eigenvalue weighted by molar-refractivity contribution is -0.122. The first-order chi connectivity index (χ1) is 15.3. The molecule has 0 saturated heterocycles. The molecule has 1 atom stereocenters. The summed E-state index contributed by atoms with van der Waals surface area (Å²) in [6.07, 6.45) is 4.26. The van der Waals surface area contributed by atoms with Gasteiger partial charge in [0, 0.05) is 12.6 Å². The van der Waals surface area contributed by atoms with Gasteiger partial charge in [-0.1, -0.05) is 57.5 Å². The van der Waals surface area contributed by atoms with Gasteiger partial charge in [0.05, 0.1) is 12.9 Å². The number of carbonyl (C=O) groups excluding carboxylic acids is 1. The van der Waals surface area contributed by atoms with Crippen molar-refractivity contribution in [3.63, 3.8) is 0 Å². The Bertz CT molecular complexity index is 1170. The number of nitrogens with zero attached hydrogens (tertiary/aromatic N) is 4. The van der Waals surface area contributed by atoms with E-state index in [-0.39, 0.29) is 25.0 Å². The molecule has 0 bridgehead atoms. The number of hydrogen-bond donors (Lipinski definition) is 1. The Kier molecular flexibility index (Phi) is 7.66. The van der Waals surface area contributed by atoms with E-state index in [2.05, 4.69) is 24.1 Å². The molecule has 0 spiro atoms. The smallest absolute Gasteiger partial charge is 0.333 e. The Hall–Kier alpha value is -3.16. The predicted octanol–water partition coefficient (Wildman–Crippen LogP) is 2.76. The Morgan fingerprint density at radius 1 is 1.06 bits per heavy atom. The Labute approximate surface area is 187 Å². The SMILES string of the molecule is CCC[C@H](C)NC(=O)Cn1c(=O)c2c(ncn2CCC(C)C)n(Cc2ccccc2)c1=O. The molecule has 1 N–H and O–H groups in total. The zero-order valence-electron chi connectivity index (χ0n) is 19.4. The fourth-order valence-corrected chi connectivity index (χ4v) is 3.82. The number of nitrogens with one attached hydrogen (secondary N) is 1. The minimum Gasteiger partial charge on any atom is -0.352 e. The maximum atomic E-state index is 13.3. The van der Waals surface area contributed by atoms with E-state index in [1.54, 1.807) is 10.9 Å². The van der Waals surface area contributed by atoms with Crippen LogP contribution in [-0.4, -0.2) is 30.6 Å². The standard InChI is InChI=1S/C24H33N5O3/c1-5-9-18(4)26-20(30)15-29-23(31)21-22(25-16-27(21)13-12-17(2)3)28(24(29)32)14-19-10-7-6-8-11-19/h6-8,10-11,16-18H,5,9,12-15H2,1-4H3,(H,26,30)/t18-/m0/s1. The van der Waals surface area contributed by atoms with Gasteiger partial charge in [-0.05, 0) is 31.2 Å². The molecule has 0 saturated carbocycles. The highest BCUT2D eigenvalue weighted by atomic mass is 16.2. The number of hydrogen-bond acceptors (Lipinski definition) is 4. The molecular formula is C24H33N5O3. The molecule has 1 aromatic carbocycles. The lowest BCUT2D eigenvalue weighted by Crippen LogP contribution is -2.45. The molecule has 0 aliphatic carbocycles. The summed E-state index contributed by atoms with van der Waals surface area (Å²) in [6, 6.07) is 9.53. The van der Waals surface area contributed by atoms with E-state index < -0.39 is 11.2 Å². The third-order valence-corrected chi connectivity index (χ3v) is 5.55. The first kappa shape index (κ1) is 23.5. The van der Waals surface area contributed by atoms with Crippen molar-refractivity contribution in [2.75, 3.05) is 0 Å². The van der Waals surface area contributed by atoms with Gasteiger partial charge in [0.15, 0.2) is 11.2 Å². The number of aryl methyl sites for hydroxylation is 1. The van der Waals surface area contributed by atoms with Gasteiger partial charge in [0.1, 0.15) is 6.54 Å². The van der Waals surface area contributed by atoms with Crippen molar-refractivity contribution in [3.8, 4) is 0 Å². The van der Waals surface area contributed by atoms with Crippen molar-refractivity contribution in [1.29, 1.82) is 0 Å². The fraction of sp³-hybridized carbons (Fsp3) is 0.500. The van der Waals surface area contributed by atoms with Crippen LogP contribution in [0.15, 0.2) is 46.2 Å². The lowest BCUT2D eigenvalue weighted by atomic mass is 10.1. The summed E-state index contributed by atoms with van der Waals surface area (Å²) < 4.78 is 4.32. The van der Waals surface area contributed by atoms with E-state index in [1.807, 2.05) is 44.2 Å². The van der Waals surface area contributed by atoms with Crippen molar-refractivity contribution in [3.05, 3.63) is 63.1 Å². The maximum Gasteiger partial charge on any atom is 0.333 e. The number of amides is 1. The highest BCUT2D eigenvalue weighted by Crippen LogP contribution is 2.12. The summed E-state index contributed by atoms with van der Waals surface area (Å²) in [7, 11) is 0. The molecule has 0 unspecified atom stereocenters. The highest BCUT2D eigenvalue weighted by Gasteiger charge is 2.20. The number of rotatable bonds is 10. The number of benzene rings is 1. The molecule has 8 heteroatoms. The molecule has 0 radical (unpaired) electrons. The Morgan fingerprint density at radius 2 is 1.78 bits per heavy atom. The maximum absolute atomic E-state index is 13.3. The van der Waals surface area contributed by atoms with Crippen LogP contribution in [0.1, 0.15) is 52.5 Å². The summed E-state index contributed by atoms with van der Waals surface area (Å²) in [5.41, 5.74) is 0.616. The highest BCUT2D eigenvalue weighted by molar-refractivity contribution is 5.77. The van der Waals surface area contributed by atoms with Crippen LogP contribution in [0.2, 0.25) is 0 Å². The largest absolute Gasteiger partial charge is 0.352 e. The number of fused-ring (bicyclic) bond motifs is 1. The average molecular weight is 440 g/mol. The third kappa shape index (κ3) is 5.36. The van der Waals surface area contributed by atoms with E-state index >= 15 is 0 Å². The van der Waals surface area contributed by atoms with E-state index in [0.29, 0.717) is 23.6 Å². The molecule has 3 rings (SSSR count). The lowest BCUT2D eigenvalue weighted by Gasteiger charge is -2.15. The zero-order valence-corrected chi connectivity index (χ0v) is 19.4. The molecule has 0 aliphatic heterocycles. The Morgan fingerprint density at radius 3 is 2.44 bits per heavy atom. The predicted molar refractivity (Wildman–Crippen MR) is 126 cm³/mol. The topological polar surface area (TPSA) is 90.9 Å². The van der Waals surface area contributed by atoms with Gasteiger partial charge in [-0.2, -0.15) is 0 Å². The van der Waals surface area contributed by atoms with Gasteiger partial charge in [-0.3, -0.25) is 14.2 Å². The minimum atomic E-state index is -0.529. The van der Waals surface area contributed by atoms with E-state index in [0.717, 1.165) is 29.4 Å². The molecule has 0 fully saturated rings. The monoisotopic (exact) mass is 439 g/mol. The van der Waals surface area contributed by atoms with Crippen molar-refractivity contribution in [2.45, 2.75) is 72.6 Å². The summed E-state index contributed by atoms with van der Waals surface area (Å²) in [4.78, 5) is 43.7. The van der Waals surface area contributed by atoms with Gasteiger partial charge in [0.25, 0.3) is 5.56 Å². The first-order valence-corrected chi connectivity index (χ1v) is 11.3. The number of imidazole rings is 1. The molecule has 0 aliphatic rings. The van der Waals surface area contributed by atoms with Crippen LogP contribution >= 0.6 is 0 Å². The first-order valence-electron chi connectivity index (χ1n) is 11.3. The van der Waals surface area contributed by atoms with Crippen LogP contribution in [0.4, 0.5) is 0 Å². The minimum absolute atomic E-state index is 0.0185. The van der Waals surface area contributed by atoms with Crippen LogP contribution < -0.4 is 16.6 Å². The second kappa shape index (κ2) is 10.4. The zero-order chi connectivity index (χ0) is 23.3. The normalized spacial score (nSPS) is 12.4. The van der Waals surface area contributed by atoms with E-state index in [1.165, 1.54) is 4.57 Å².